The smallest absolute Gasteiger partial charge is 0.224 e. The van der Waals surface area contributed by atoms with Gasteiger partial charge in [-0.1, -0.05) is 12.8 Å². The summed E-state index contributed by atoms with van der Waals surface area (Å²) in [5.74, 6) is 1.79. The number of nitrogens with zero attached hydrogens (tertiary/aromatic N) is 3. The summed E-state index contributed by atoms with van der Waals surface area (Å²) < 4.78 is 1.86. The second-order valence-electron chi connectivity index (χ2n) is 6.18. The number of anilines is 1. The van der Waals surface area contributed by atoms with Crippen LogP contribution in [0.1, 0.15) is 37.9 Å². The molecule has 2 aromatic rings. The highest BCUT2D eigenvalue weighted by Gasteiger charge is 2.24. The number of nitrogens with two attached hydrogens (primary N) is 1. The Morgan fingerprint density at radius 2 is 2.04 bits per heavy atom. The zero-order chi connectivity index (χ0) is 16.2. The third kappa shape index (κ3) is 5.17. The van der Waals surface area contributed by atoms with E-state index >= 15 is 0 Å². The van der Waals surface area contributed by atoms with Gasteiger partial charge in [0.25, 0.3) is 0 Å². The molecule has 0 aliphatic heterocycles. The number of rotatable bonds is 4. The summed E-state index contributed by atoms with van der Waals surface area (Å²) in [5, 5.41) is 2.99. The van der Waals surface area contributed by atoms with Gasteiger partial charge in [0.15, 0.2) is 5.82 Å². The molecule has 1 fully saturated rings. The summed E-state index contributed by atoms with van der Waals surface area (Å²) in [6.07, 6.45) is 10.1. The molecule has 8 heteroatoms. The van der Waals surface area contributed by atoms with Gasteiger partial charge >= 0.3 is 0 Å². The molecule has 25 heavy (non-hydrogen) atoms. The minimum absolute atomic E-state index is 0. The van der Waals surface area contributed by atoms with Crippen molar-refractivity contribution in [2.24, 2.45) is 11.7 Å². The van der Waals surface area contributed by atoms with Crippen molar-refractivity contribution in [3.05, 3.63) is 36.5 Å². The molecule has 0 radical (unpaired) electrons. The van der Waals surface area contributed by atoms with Gasteiger partial charge in [-0.05, 0) is 37.8 Å². The van der Waals surface area contributed by atoms with Crippen LogP contribution in [0.5, 0.6) is 0 Å². The van der Waals surface area contributed by atoms with Crippen LogP contribution in [0.15, 0.2) is 30.7 Å². The summed E-state index contributed by atoms with van der Waals surface area (Å²) in [5.41, 5.74) is 6.84. The lowest BCUT2D eigenvalue weighted by Crippen LogP contribution is -2.35. The molecule has 0 spiro atoms. The molecule has 1 aliphatic rings. The number of aromatic nitrogens is 3. The first kappa shape index (κ1) is 21.4. The van der Waals surface area contributed by atoms with E-state index < -0.39 is 0 Å². The summed E-state index contributed by atoms with van der Waals surface area (Å²) in [6, 6.07) is 3.82. The molecule has 0 saturated heterocycles. The predicted molar refractivity (Wildman–Crippen MR) is 104 cm³/mol. The number of aryl methyl sites for hydroxylation is 1. The van der Waals surface area contributed by atoms with Gasteiger partial charge in [0.05, 0.1) is 5.69 Å². The van der Waals surface area contributed by atoms with Gasteiger partial charge in [-0.2, -0.15) is 0 Å². The van der Waals surface area contributed by atoms with E-state index in [-0.39, 0.29) is 42.7 Å². The second-order valence-corrected chi connectivity index (χ2v) is 6.18. The van der Waals surface area contributed by atoms with Crippen molar-refractivity contribution in [1.82, 2.24) is 14.5 Å². The molecule has 0 bridgehead atoms. The first-order chi connectivity index (χ1) is 11.1. The zero-order valence-electron chi connectivity index (χ0n) is 14.2. The summed E-state index contributed by atoms with van der Waals surface area (Å²) in [4.78, 5) is 21.0. The maximum atomic E-state index is 12.4. The van der Waals surface area contributed by atoms with Crippen molar-refractivity contribution in [3.8, 4) is 5.82 Å². The van der Waals surface area contributed by atoms with Gasteiger partial charge in [0.1, 0.15) is 5.82 Å². The molecule has 2 unspecified atom stereocenters. The molecule has 2 heterocycles. The fourth-order valence-corrected chi connectivity index (χ4v) is 3.22. The van der Waals surface area contributed by atoms with Crippen LogP contribution in [0, 0.1) is 12.8 Å². The number of imidazole rings is 1. The van der Waals surface area contributed by atoms with Crippen molar-refractivity contribution < 1.29 is 4.79 Å². The normalized spacial score (nSPS) is 19.4. The van der Waals surface area contributed by atoms with E-state index in [4.69, 9.17) is 5.73 Å². The van der Waals surface area contributed by atoms with Crippen molar-refractivity contribution in [3.63, 3.8) is 0 Å². The zero-order valence-corrected chi connectivity index (χ0v) is 15.9. The SMILES string of the molecule is Cc1nccn1-c1ncccc1NC(=O)CC1CCCCC1N.Cl.Cl. The first-order valence-electron chi connectivity index (χ1n) is 8.16. The Bertz CT molecular complexity index is 691. The van der Waals surface area contributed by atoms with E-state index in [0.717, 1.165) is 25.1 Å². The topological polar surface area (TPSA) is 85.8 Å². The molecule has 3 N–H and O–H groups in total. The van der Waals surface area contributed by atoms with Crippen LogP contribution in [0.3, 0.4) is 0 Å². The quantitative estimate of drug-likeness (QED) is 0.845. The van der Waals surface area contributed by atoms with Crippen LogP contribution in [0.25, 0.3) is 5.82 Å². The monoisotopic (exact) mass is 385 g/mol. The number of pyridine rings is 1. The van der Waals surface area contributed by atoms with E-state index in [0.29, 0.717) is 17.9 Å². The third-order valence-corrected chi connectivity index (χ3v) is 4.53. The molecule has 138 valence electrons. The van der Waals surface area contributed by atoms with Gasteiger partial charge in [-0.15, -0.1) is 24.8 Å². The summed E-state index contributed by atoms with van der Waals surface area (Å²) in [7, 11) is 0. The van der Waals surface area contributed by atoms with Gasteiger partial charge < -0.3 is 11.1 Å². The minimum Gasteiger partial charge on any atom is -0.327 e. The average Bonchev–Trinajstić information content (AvgIpc) is 2.96. The number of amides is 1. The number of hydrogen-bond acceptors (Lipinski definition) is 4. The van der Waals surface area contributed by atoms with E-state index in [1.54, 1.807) is 12.4 Å². The fourth-order valence-electron chi connectivity index (χ4n) is 3.22. The van der Waals surface area contributed by atoms with E-state index in [2.05, 4.69) is 15.3 Å². The standard InChI is InChI=1S/C17H23N5O.2ClH/c1-12-19-9-10-22(12)17-15(7-4-8-20-17)21-16(23)11-13-5-2-3-6-14(13)18;;/h4,7-10,13-14H,2-3,5-6,11,18H2,1H3,(H,21,23);2*1H. The van der Waals surface area contributed by atoms with Gasteiger partial charge in [-0.3, -0.25) is 9.36 Å². The lowest BCUT2D eigenvalue weighted by atomic mass is 9.83. The molecule has 1 saturated carbocycles. The molecular weight excluding hydrogens is 361 g/mol. The maximum Gasteiger partial charge on any atom is 0.224 e. The second kappa shape index (κ2) is 9.75. The fraction of sp³-hybridized carbons (Fsp3) is 0.471. The number of carbonyl (C=O) groups excluding carboxylic acids is 1. The Labute approximate surface area is 160 Å². The summed E-state index contributed by atoms with van der Waals surface area (Å²) in [6.45, 7) is 1.90. The number of halogens is 2. The van der Waals surface area contributed by atoms with Crippen LogP contribution in [0.4, 0.5) is 5.69 Å². The molecule has 3 rings (SSSR count). The average molecular weight is 386 g/mol. The number of hydrogen-bond donors (Lipinski definition) is 2. The molecule has 1 aliphatic carbocycles. The lowest BCUT2D eigenvalue weighted by Gasteiger charge is -2.28. The van der Waals surface area contributed by atoms with Crippen molar-refractivity contribution >= 4 is 36.4 Å². The molecular formula is C17H25Cl2N5O. The van der Waals surface area contributed by atoms with E-state index in [1.807, 2.05) is 29.8 Å². The molecule has 6 nitrogen and oxygen atoms in total. The predicted octanol–water partition coefficient (Wildman–Crippen LogP) is 3.27. The van der Waals surface area contributed by atoms with E-state index in [1.165, 1.54) is 6.42 Å². The van der Waals surface area contributed by atoms with Gasteiger partial charge in [0.2, 0.25) is 5.91 Å². The Morgan fingerprint density at radius 1 is 1.28 bits per heavy atom. The molecule has 1 amide bonds. The highest BCUT2D eigenvalue weighted by atomic mass is 35.5. The van der Waals surface area contributed by atoms with Crippen LogP contribution in [0.2, 0.25) is 0 Å². The minimum atomic E-state index is -0.000585. The Balaban J connectivity index is 0.00000156. The number of nitrogens with one attached hydrogen (secondary N) is 1. The van der Waals surface area contributed by atoms with Crippen molar-refractivity contribution in [1.29, 1.82) is 0 Å². The molecule has 2 atom stereocenters. The first-order valence-corrected chi connectivity index (χ1v) is 8.16. The van der Waals surface area contributed by atoms with Crippen LogP contribution >= 0.6 is 24.8 Å². The Morgan fingerprint density at radius 3 is 2.72 bits per heavy atom. The van der Waals surface area contributed by atoms with Crippen LogP contribution < -0.4 is 11.1 Å². The highest BCUT2D eigenvalue weighted by molar-refractivity contribution is 5.92. The third-order valence-electron chi connectivity index (χ3n) is 4.53. The Kier molecular flexibility index (Phi) is 8.35. The van der Waals surface area contributed by atoms with Crippen LogP contribution in [-0.2, 0) is 4.79 Å². The van der Waals surface area contributed by atoms with Crippen molar-refractivity contribution in [2.45, 2.75) is 45.1 Å². The highest BCUT2D eigenvalue weighted by Crippen LogP contribution is 2.26. The lowest BCUT2D eigenvalue weighted by molar-refractivity contribution is -0.117. The molecule has 2 aromatic heterocycles. The van der Waals surface area contributed by atoms with Crippen molar-refractivity contribution in [2.75, 3.05) is 5.32 Å². The Hall–Kier alpha value is -1.63. The summed E-state index contributed by atoms with van der Waals surface area (Å²) >= 11 is 0. The van der Waals surface area contributed by atoms with Gasteiger partial charge in [0, 0.05) is 31.1 Å². The number of carbonyl (C=O) groups is 1. The van der Waals surface area contributed by atoms with Gasteiger partial charge in [-0.25, -0.2) is 9.97 Å². The van der Waals surface area contributed by atoms with E-state index in [9.17, 15) is 4.79 Å². The molecule has 0 aromatic carbocycles. The van der Waals surface area contributed by atoms with Crippen LogP contribution in [-0.4, -0.2) is 26.5 Å². The largest absolute Gasteiger partial charge is 0.327 e. The maximum absolute atomic E-state index is 12.4.